The summed E-state index contributed by atoms with van der Waals surface area (Å²) < 4.78 is 1.52. The highest BCUT2D eigenvalue weighted by atomic mass is 16.1. The van der Waals surface area contributed by atoms with Gasteiger partial charge in [-0.3, -0.25) is 9.47 Å². The van der Waals surface area contributed by atoms with Crippen LogP contribution in [0.1, 0.15) is 63.6 Å². The fourth-order valence-electron chi connectivity index (χ4n) is 5.37. The molecule has 0 amide bonds. The maximum Gasteiger partial charge on any atom is 0.350 e. The smallest absolute Gasteiger partial charge is 0.350 e. The van der Waals surface area contributed by atoms with Gasteiger partial charge in [0.05, 0.1) is 5.52 Å². The molecule has 0 aliphatic carbocycles. The van der Waals surface area contributed by atoms with E-state index in [-0.39, 0.29) is 11.7 Å². The summed E-state index contributed by atoms with van der Waals surface area (Å²) in [4.78, 5) is 30.4. The number of fused-ring (bicyclic) bond motifs is 1. The van der Waals surface area contributed by atoms with Crippen molar-refractivity contribution in [2.75, 3.05) is 18.0 Å². The summed E-state index contributed by atoms with van der Waals surface area (Å²) in [5.74, 6) is 0.932. The van der Waals surface area contributed by atoms with Crippen LogP contribution in [0, 0.1) is 13.5 Å². The molecule has 1 fully saturated rings. The third-order valence-corrected chi connectivity index (χ3v) is 7.41. The van der Waals surface area contributed by atoms with Crippen molar-refractivity contribution in [3.05, 3.63) is 69.4 Å². The lowest BCUT2D eigenvalue weighted by Crippen LogP contribution is -2.59. The Morgan fingerprint density at radius 2 is 1.74 bits per heavy atom. The Bertz CT molecular complexity index is 1280. The molecule has 7 heteroatoms. The minimum absolute atomic E-state index is 0.198. The maximum absolute atomic E-state index is 12.8. The van der Waals surface area contributed by atoms with E-state index in [9.17, 15) is 4.79 Å². The molecule has 184 valence electrons. The molecule has 1 unspecified atom stereocenters. The molecular formula is C28H36N6O. The minimum atomic E-state index is -0.293. The van der Waals surface area contributed by atoms with Crippen molar-refractivity contribution in [3.8, 4) is 0 Å². The number of hydrogen-bond donors (Lipinski definition) is 0. The van der Waals surface area contributed by atoms with Gasteiger partial charge >= 0.3 is 5.69 Å². The third kappa shape index (κ3) is 4.81. The average Bonchev–Trinajstić information content (AvgIpc) is 2.89. The molecule has 0 spiro atoms. The maximum atomic E-state index is 12.8. The summed E-state index contributed by atoms with van der Waals surface area (Å²) in [6.07, 6.45) is 4.16. The molecular weight excluding hydrogens is 436 g/mol. The van der Waals surface area contributed by atoms with E-state index in [0.29, 0.717) is 34.8 Å². The van der Waals surface area contributed by atoms with Gasteiger partial charge in [-0.1, -0.05) is 63.6 Å². The average molecular weight is 473 g/mol. The molecule has 0 bridgehead atoms. The summed E-state index contributed by atoms with van der Waals surface area (Å²) >= 11 is 0. The van der Waals surface area contributed by atoms with Gasteiger partial charge in [0, 0.05) is 38.3 Å². The number of rotatable bonds is 7. The van der Waals surface area contributed by atoms with Gasteiger partial charge in [0.15, 0.2) is 5.82 Å². The largest absolute Gasteiger partial charge is 0.361 e. The van der Waals surface area contributed by atoms with Crippen molar-refractivity contribution in [2.45, 2.75) is 71.5 Å². The number of benzene rings is 1. The van der Waals surface area contributed by atoms with Gasteiger partial charge in [0.25, 0.3) is 5.82 Å². The molecule has 0 radical (unpaired) electrons. The monoisotopic (exact) mass is 472 g/mol. The highest BCUT2D eigenvalue weighted by Crippen LogP contribution is 2.36. The summed E-state index contributed by atoms with van der Waals surface area (Å²) in [5.41, 5.74) is 3.70. The van der Waals surface area contributed by atoms with E-state index in [2.05, 4.69) is 76.6 Å². The topological polar surface area (TPSA) is 58.6 Å². The SMILES string of the molecule is [C-]#[N+]c1ccc2c(n1)c(N1C[C@@H](CC)N(C(CCC)c3ccc(C)cc3)C[C@@H]1CC)nc(=O)n2C. The Balaban J connectivity index is 1.77. The Morgan fingerprint density at radius 1 is 1.03 bits per heavy atom. The fourth-order valence-corrected chi connectivity index (χ4v) is 5.37. The number of nitrogens with zero attached hydrogens (tertiary/aromatic N) is 6. The number of aryl methyl sites for hydroxylation is 2. The lowest BCUT2D eigenvalue weighted by Gasteiger charge is -2.49. The first-order valence-electron chi connectivity index (χ1n) is 12.8. The summed E-state index contributed by atoms with van der Waals surface area (Å²) in [6.45, 7) is 17.9. The summed E-state index contributed by atoms with van der Waals surface area (Å²) in [6, 6.07) is 13.3. The molecule has 1 aromatic carbocycles. The van der Waals surface area contributed by atoms with Crippen LogP contribution >= 0.6 is 0 Å². The second-order valence-corrected chi connectivity index (χ2v) is 9.61. The Morgan fingerprint density at radius 3 is 2.37 bits per heavy atom. The molecule has 3 aromatic rings. The number of hydrogen-bond acceptors (Lipinski definition) is 5. The second kappa shape index (κ2) is 10.6. The number of piperazine rings is 1. The Kier molecular flexibility index (Phi) is 7.51. The molecule has 4 rings (SSSR count). The predicted octanol–water partition coefficient (Wildman–Crippen LogP) is 5.41. The van der Waals surface area contributed by atoms with Gasteiger partial charge < -0.3 is 9.74 Å². The standard InChI is InChI=1S/C28H36N6O/c1-7-10-23(20-13-11-19(4)12-14-20)33-17-22(9-3)34(18-21(33)8-2)27-26-24(32(6)28(35)31-27)15-16-25(29-5)30-26/h11-16,21-23H,7-10,17-18H2,1-4,6H3/t21-,22+,23?/m1/s1. The van der Waals surface area contributed by atoms with Crippen molar-refractivity contribution in [1.29, 1.82) is 0 Å². The van der Waals surface area contributed by atoms with Gasteiger partial charge in [-0.25, -0.2) is 4.79 Å². The van der Waals surface area contributed by atoms with Crippen molar-refractivity contribution >= 4 is 22.7 Å². The van der Waals surface area contributed by atoms with Crippen molar-refractivity contribution in [2.24, 2.45) is 7.05 Å². The zero-order valence-corrected chi connectivity index (χ0v) is 21.5. The third-order valence-electron chi connectivity index (χ3n) is 7.41. The molecule has 1 aliphatic heterocycles. The highest BCUT2D eigenvalue weighted by Gasteiger charge is 2.38. The van der Waals surface area contributed by atoms with E-state index in [0.717, 1.165) is 38.8 Å². The Labute approximate surface area is 208 Å². The number of pyridine rings is 1. The molecule has 2 aromatic heterocycles. The number of anilines is 1. The van der Waals surface area contributed by atoms with Crippen LogP contribution in [0.3, 0.4) is 0 Å². The van der Waals surface area contributed by atoms with Crippen LogP contribution in [0.15, 0.2) is 41.2 Å². The number of aromatic nitrogens is 3. The van der Waals surface area contributed by atoms with Crippen molar-refractivity contribution in [3.63, 3.8) is 0 Å². The lowest BCUT2D eigenvalue weighted by molar-refractivity contribution is 0.0865. The van der Waals surface area contributed by atoms with Crippen molar-refractivity contribution in [1.82, 2.24) is 19.4 Å². The normalized spacial score (nSPS) is 19.6. The van der Waals surface area contributed by atoms with Gasteiger partial charge in [-0.05, 0) is 43.9 Å². The Hall–Kier alpha value is -3.24. The van der Waals surface area contributed by atoms with Crippen LogP contribution in [-0.4, -0.2) is 44.6 Å². The van der Waals surface area contributed by atoms with Crippen LogP contribution in [0.2, 0.25) is 0 Å². The molecule has 35 heavy (non-hydrogen) atoms. The quantitative estimate of drug-likeness (QED) is 0.431. The molecule has 0 N–H and O–H groups in total. The first-order valence-corrected chi connectivity index (χ1v) is 12.8. The first-order chi connectivity index (χ1) is 16.9. The zero-order valence-electron chi connectivity index (χ0n) is 21.5. The van der Waals surface area contributed by atoms with Gasteiger partial charge in [-0.15, -0.1) is 4.98 Å². The summed E-state index contributed by atoms with van der Waals surface area (Å²) in [5, 5.41) is 0. The van der Waals surface area contributed by atoms with Crippen LogP contribution < -0.4 is 10.6 Å². The predicted molar refractivity (Wildman–Crippen MR) is 142 cm³/mol. The van der Waals surface area contributed by atoms with Gasteiger partial charge in [0.2, 0.25) is 5.52 Å². The molecule has 3 heterocycles. The zero-order chi connectivity index (χ0) is 25.1. The van der Waals surface area contributed by atoms with Crippen LogP contribution in [0.4, 0.5) is 11.6 Å². The highest BCUT2D eigenvalue weighted by molar-refractivity contribution is 5.87. The van der Waals surface area contributed by atoms with E-state index >= 15 is 0 Å². The van der Waals surface area contributed by atoms with Gasteiger partial charge in [-0.2, -0.15) is 4.98 Å². The fraction of sp³-hybridized carbons (Fsp3) is 0.500. The minimum Gasteiger partial charge on any atom is -0.361 e. The molecule has 7 nitrogen and oxygen atoms in total. The second-order valence-electron chi connectivity index (χ2n) is 9.61. The first kappa shape index (κ1) is 24.9. The van der Waals surface area contributed by atoms with Gasteiger partial charge in [0.1, 0.15) is 0 Å². The van der Waals surface area contributed by atoms with Crippen molar-refractivity contribution < 1.29 is 0 Å². The molecule has 0 saturated carbocycles. The summed E-state index contributed by atoms with van der Waals surface area (Å²) in [7, 11) is 1.71. The lowest BCUT2D eigenvalue weighted by atomic mass is 9.93. The van der Waals surface area contributed by atoms with Crippen LogP contribution in [-0.2, 0) is 7.05 Å². The molecule has 1 aliphatic rings. The molecule has 1 saturated heterocycles. The van der Waals surface area contributed by atoms with E-state index in [1.54, 1.807) is 13.1 Å². The van der Waals surface area contributed by atoms with E-state index in [4.69, 9.17) is 6.57 Å². The van der Waals surface area contributed by atoms with E-state index in [1.165, 1.54) is 15.7 Å². The van der Waals surface area contributed by atoms with E-state index in [1.807, 2.05) is 6.07 Å². The molecule has 3 atom stereocenters. The van der Waals surface area contributed by atoms with Crippen LogP contribution in [0.5, 0.6) is 0 Å². The van der Waals surface area contributed by atoms with E-state index < -0.39 is 0 Å². The van der Waals surface area contributed by atoms with Crippen LogP contribution in [0.25, 0.3) is 15.9 Å².